The summed E-state index contributed by atoms with van der Waals surface area (Å²) in [6.07, 6.45) is 22.7. The van der Waals surface area contributed by atoms with Crippen LogP contribution >= 0.6 is 0 Å². The van der Waals surface area contributed by atoms with Crippen LogP contribution in [0, 0.1) is 23.7 Å². The Kier molecular flexibility index (Phi) is 7.17. The minimum atomic E-state index is 0.904. The van der Waals surface area contributed by atoms with Crippen LogP contribution in [0.5, 0.6) is 0 Å². The van der Waals surface area contributed by atoms with Crippen LogP contribution in [0.15, 0.2) is 12.2 Å². The van der Waals surface area contributed by atoms with Gasteiger partial charge in [-0.1, -0.05) is 57.6 Å². The molecule has 0 heterocycles. The topological polar surface area (TPSA) is 0 Å². The lowest BCUT2D eigenvalue weighted by atomic mass is 9.68. The van der Waals surface area contributed by atoms with E-state index in [1.54, 1.807) is 25.7 Å². The summed E-state index contributed by atoms with van der Waals surface area (Å²) in [5.74, 6) is 4.15. The summed E-state index contributed by atoms with van der Waals surface area (Å²) in [5.41, 5.74) is 0. The summed E-state index contributed by atoms with van der Waals surface area (Å²) in [5, 5.41) is 0. The third kappa shape index (κ3) is 4.93. The second kappa shape index (κ2) is 8.90. The van der Waals surface area contributed by atoms with E-state index in [1.807, 2.05) is 0 Å². The number of rotatable bonds is 6. The van der Waals surface area contributed by atoms with Crippen molar-refractivity contribution in [2.45, 2.75) is 90.9 Å². The van der Waals surface area contributed by atoms with Crippen LogP contribution in [0.1, 0.15) is 90.9 Å². The SMILES string of the molecule is C/C=C\C1CCC(C2CCC(CCCCC)CC2)CC1. The average Bonchev–Trinajstić information content (AvgIpc) is 2.49. The Balaban J connectivity index is 1.64. The van der Waals surface area contributed by atoms with Crippen molar-refractivity contribution in [2.24, 2.45) is 23.7 Å². The Morgan fingerprint density at radius 2 is 1.40 bits per heavy atom. The number of unbranched alkanes of at least 4 members (excludes halogenated alkanes) is 2. The van der Waals surface area contributed by atoms with Crippen LogP contribution < -0.4 is 0 Å². The molecule has 0 aromatic carbocycles. The monoisotopic (exact) mass is 276 g/mol. The van der Waals surface area contributed by atoms with Crippen molar-refractivity contribution in [2.75, 3.05) is 0 Å². The van der Waals surface area contributed by atoms with Crippen molar-refractivity contribution >= 4 is 0 Å². The quantitative estimate of drug-likeness (QED) is 0.371. The number of allylic oxidation sites excluding steroid dienone is 2. The first-order chi connectivity index (χ1) is 9.83. The molecule has 2 aliphatic rings. The van der Waals surface area contributed by atoms with E-state index in [1.165, 1.54) is 51.4 Å². The summed E-state index contributed by atoms with van der Waals surface area (Å²) >= 11 is 0. The molecule has 0 heteroatoms. The van der Waals surface area contributed by atoms with Gasteiger partial charge in [-0.2, -0.15) is 0 Å². The molecule has 0 unspecified atom stereocenters. The van der Waals surface area contributed by atoms with Crippen molar-refractivity contribution in [3.8, 4) is 0 Å². The molecule has 0 aromatic rings. The highest BCUT2D eigenvalue weighted by Crippen LogP contribution is 2.42. The summed E-state index contributed by atoms with van der Waals surface area (Å²) < 4.78 is 0. The zero-order valence-electron chi connectivity index (χ0n) is 13.9. The molecule has 0 amide bonds. The third-order valence-corrected chi connectivity index (χ3v) is 6.06. The molecule has 0 spiro atoms. The summed E-state index contributed by atoms with van der Waals surface area (Å²) in [4.78, 5) is 0. The van der Waals surface area contributed by atoms with Crippen LogP contribution in [-0.2, 0) is 0 Å². The number of hydrogen-bond donors (Lipinski definition) is 0. The van der Waals surface area contributed by atoms with Gasteiger partial charge < -0.3 is 0 Å². The molecule has 20 heavy (non-hydrogen) atoms. The first-order valence-corrected chi connectivity index (χ1v) is 9.46. The second-order valence-corrected chi connectivity index (χ2v) is 7.48. The summed E-state index contributed by atoms with van der Waals surface area (Å²) in [6, 6.07) is 0. The van der Waals surface area contributed by atoms with Gasteiger partial charge in [0.25, 0.3) is 0 Å². The van der Waals surface area contributed by atoms with Crippen molar-refractivity contribution in [1.82, 2.24) is 0 Å². The lowest BCUT2D eigenvalue weighted by molar-refractivity contribution is 0.151. The Morgan fingerprint density at radius 3 is 1.95 bits per heavy atom. The maximum Gasteiger partial charge on any atom is -0.0233 e. The summed E-state index contributed by atoms with van der Waals surface area (Å²) in [6.45, 7) is 4.49. The lowest BCUT2D eigenvalue weighted by Crippen LogP contribution is -2.25. The molecule has 116 valence electrons. The maximum absolute atomic E-state index is 2.45. The van der Waals surface area contributed by atoms with Gasteiger partial charge in [0.15, 0.2) is 0 Å². The minimum Gasteiger partial charge on any atom is -0.0914 e. The van der Waals surface area contributed by atoms with E-state index < -0.39 is 0 Å². The van der Waals surface area contributed by atoms with Gasteiger partial charge in [-0.25, -0.2) is 0 Å². The average molecular weight is 277 g/mol. The summed E-state index contributed by atoms with van der Waals surface area (Å²) in [7, 11) is 0. The molecule has 2 rings (SSSR count). The largest absolute Gasteiger partial charge is 0.0914 e. The van der Waals surface area contributed by atoms with E-state index in [2.05, 4.69) is 26.0 Å². The molecule has 0 atom stereocenters. The fraction of sp³-hybridized carbons (Fsp3) is 0.900. The van der Waals surface area contributed by atoms with E-state index >= 15 is 0 Å². The Hall–Kier alpha value is -0.260. The first-order valence-electron chi connectivity index (χ1n) is 9.46. The lowest BCUT2D eigenvalue weighted by Gasteiger charge is -2.37. The van der Waals surface area contributed by atoms with Crippen LogP contribution in [0.25, 0.3) is 0 Å². The molecule has 0 saturated heterocycles. The molecular formula is C20H36. The Bertz CT molecular complexity index is 262. The standard InChI is InChI=1S/C20H36/c1-3-5-6-8-18-11-15-20(16-12-18)19-13-9-17(7-4-2)10-14-19/h4,7,17-20H,3,5-6,8-16H2,1-2H3/b7-4-. The van der Waals surface area contributed by atoms with Crippen molar-refractivity contribution in [3.05, 3.63) is 12.2 Å². The fourth-order valence-corrected chi connectivity index (χ4v) is 4.71. The van der Waals surface area contributed by atoms with E-state index in [-0.39, 0.29) is 0 Å². The molecular weight excluding hydrogens is 240 g/mol. The molecule has 2 fully saturated rings. The van der Waals surface area contributed by atoms with Crippen molar-refractivity contribution in [3.63, 3.8) is 0 Å². The fourth-order valence-electron chi connectivity index (χ4n) is 4.71. The zero-order chi connectivity index (χ0) is 14.2. The van der Waals surface area contributed by atoms with Gasteiger partial charge in [0.05, 0.1) is 0 Å². The van der Waals surface area contributed by atoms with E-state index in [9.17, 15) is 0 Å². The predicted molar refractivity (Wildman–Crippen MR) is 89.9 cm³/mol. The van der Waals surface area contributed by atoms with Gasteiger partial charge in [-0.15, -0.1) is 0 Å². The normalized spacial score (nSPS) is 35.5. The minimum absolute atomic E-state index is 0.904. The Morgan fingerprint density at radius 1 is 0.800 bits per heavy atom. The predicted octanol–water partition coefficient (Wildman–Crippen LogP) is 6.76. The molecule has 0 nitrogen and oxygen atoms in total. The highest BCUT2D eigenvalue weighted by atomic mass is 14.4. The van der Waals surface area contributed by atoms with Gasteiger partial charge in [-0.3, -0.25) is 0 Å². The van der Waals surface area contributed by atoms with E-state index in [0.717, 1.165) is 23.7 Å². The highest BCUT2D eigenvalue weighted by Gasteiger charge is 2.29. The van der Waals surface area contributed by atoms with Crippen LogP contribution in [0.4, 0.5) is 0 Å². The van der Waals surface area contributed by atoms with Crippen LogP contribution in [0.3, 0.4) is 0 Å². The molecule has 2 aliphatic carbocycles. The van der Waals surface area contributed by atoms with Crippen LogP contribution in [-0.4, -0.2) is 0 Å². The zero-order valence-corrected chi connectivity index (χ0v) is 13.9. The number of hydrogen-bond acceptors (Lipinski definition) is 0. The van der Waals surface area contributed by atoms with Gasteiger partial charge in [0.2, 0.25) is 0 Å². The molecule has 0 aromatic heterocycles. The molecule has 0 aliphatic heterocycles. The van der Waals surface area contributed by atoms with Crippen LogP contribution in [0.2, 0.25) is 0 Å². The van der Waals surface area contributed by atoms with Gasteiger partial charge >= 0.3 is 0 Å². The second-order valence-electron chi connectivity index (χ2n) is 7.48. The third-order valence-electron chi connectivity index (χ3n) is 6.06. The maximum atomic E-state index is 2.45. The highest BCUT2D eigenvalue weighted by molar-refractivity contribution is 4.90. The molecule has 0 radical (unpaired) electrons. The van der Waals surface area contributed by atoms with Gasteiger partial charge in [0.1, 0.15) is 0 Å². The van der Waals surface area contributed by atoms with Crippen molar-refractivity contribution < 1.29 is 0 Å². The van der Waals surface area contributed by atoms with Gasteiger partial charge in [0, 0.05) is 0 Å². The smallest absolute Gasteiger partial charge is 0.0233 e. The Labute approximate surface area is 127 Å². The van der Waals surface area contributed by atoms with E-state index in [0.29, 0.717) is 0 Å². The molecule has 2 saturated carbocycles. The van der Waals surface area contributed by atoms with Gasteiger partial charge in [-0.05, 0) is 69.1 Å². The molecule has 0 N–H and O–H groups in total. The molecule has 0 bridgehead atoms. The van der Waals surface area contributed by atoms with E-state index in [4.69, 9.17) is 0 Å². The first kappa shape index (κ1) is 16.1. The van der Waals surface area contributed by atoms with Crippen molar-refractivity contribution in [1.29, 1.82) is 0 Å².